The normalized spacial score (nSPS) is 13.5. The Bertz CT molecular complexity index is 4300. The summed E-state index contributed by atoms with van der Waals surface area (Å²) in [5.74, 6) is 16.3. The van der Waals surface area contributed by atoms with Gasteiger partial charge < -0.3 is 0 Å². The Morgan fingerprint density at radius 2 is 0.417 bits per heavy atom. The molecule has 0 amide bonds. The molecular weight excluding hydrogens is 1230 g/mol. The molecular formula is C88H114N4Si4. The molecule has 2 heterocycles. The fourth-order valence-electron chi connectivity index (χ4n) is 19.0. The first-order valence-electron chi connectivity index (χ1n) is 36.8. The van der Waals surface area contributed by atoms with Gasteiger partial charge in [-0.15, -0.1) is 22.2 Å². The molecule has 0 unspecified atom stereocenters. The van der Waals surface area contributed by atoms with E-state index in [0.29, 0.717) is 66.5 Å². The van der Waals surface area contributed by atoms with Crippen molar-refractivity contribution in [3.63, 3.8) is 0 Å². The zero-order valence-electron chi connectivity index (χ0n) is 64.6. The highest BCUT2D eigenvalue weighted by Gasteiger charge is 2.45. The van der Waals surface area contributed by atoms with Crippen molar-refractivity contribution in [1.82, 2.24) is 19.9 Å². The van der Waals surface area contributed by atoms with E-state index in [-0.39, 0.29) is 10.8 Å². The second kappa shape index (κ2) is 26.1. The van der Waals surface area contributed by atoms with Crippen LogP contribution in [0.25, 0.3) is 98.0 Å². The molecule has 0 aliphatic heterocycles. The van der Waals surface area contributed by atoms with Crippen LogP contribution in [-0.4, -0.2) is 52.2 Å². The molecule has 0 atom stereocenters. The highest BCUT2D eigenvalue weighted by molar-refractivity contribution is 6.92. The third-order valence-corrected chi connectivity index (χ3v) is 49.2. The van der Waals surface area contributed by atoms with Gasteiger partial charge in [0, 0.05) is 53.9 Å². The quantitative estimate of drug-likeness (QED) is 0.0529. The Kier molecular flexibility index (Phi) is 19.6. The van der Waals surface area contributed by atoms with Gasteiger partial charge in [-0.1, -0.05) is 280 Å². The van der Waals surface area contributed by atoms with Crippen molar-refractivity contribution in [3.8, 4) is 45.9 Å². The van der Waals surface area contributed by atoms with Crippen LogP contribution in [0.2, 0.25) is 66.5 Å². The average molecular weight is 1340 g/mol. The fraction of sp³-hybridized carbons (Fsp3) is 0.500. The van der Waals surface area contributed by atoms with Crippen molar-refractivity contribution in [1.29, 1.82) is 0 Å². The van der Waals surface area contributed by atoms with Crippen LogP contribution in [0.1, 0.15) is 241 Å². The Labute approximate surface area is 583 Å². The van der Waals surface area contributed by atoms with E-state index in [4.69, 9.17) is 19.9 Å². The van der Waals surface area contributed by atoms with Crippen molar-refractivity contribution in [2.45, 2.75) is 285 Å². The molecule has 8 heteroatoms. The minimum Gasteiger partial charge on any atom is -0.242 e. The largest absolute Gasteiger partial charge is 0.242 e. The van der Waals surface area contributed by atoms with Crippen LogP contribution in [0.5, 0.6) is 0 Å². The van der Waals surface area contributed by atoms with Crippen LogP contribution in [0.3, 0.4) is 0 Å². The summed E-state index contributed by atoms with van der Waals surface area (Å²) in [5, 5.41) is 10.9. The first-order chi connectivity index (χ1) is 44.8. The minimum atomic E-state index is -2.26. The number of hydrogen-bond acceptors (Lipinski definition) is 4. The predicted molar refractivity (Wildman–Crippen MR) is 435 cm³/mol. The number of benzene rings is 8. The van der Waals surface area contributed by atoms with E-state index in [1.807, 2.05) is 0 Å². The van der Waals surface area contributed by atoms with Gasteiger partial charge in [-0.2, -0.15) is 0 Å². The molecule has 10 aromatic rings. The van der Waals surface area contributed by atoms with Crippen LogP contribution >= 0.6 is 0 Å². The Balaban J connectivity index is 1.54. The molecule has 0 saturated carbocycles. The lowest BCUT2D eigenvalue weighted by atomic mass is 9.80. The van der Waals surface area contributed by atoms with Crippen LogP contribution in [-0.2, 0) is 10.8 Å². The zero-order chi connectivity index (χ0) is 70.8. The number of hydrogen-bond donors (Lipinski definition) is 0. The first kappa shape index (κ1) is 72.4. The predicted octanol–water partition coefficient (Wildman–Crippen LogP) is 26.0. The van der Waals surface area contributed by atoms with E-state index in [2.05, 4.69) is 326 Å². The number of nitrogens with zero attached hydrogens (tertiary/aromatic N) is 4. The molecule has 0 saturated heterocycles. The summed E-state index contributed by atoms with van der Waals surface area (Å²) in [7, 11) is -9.04. The van der Waals surface area contributed by atoms with Crippen molar-refractivity contribution >= 4 is 130 Å². The van der Waals surface area contributed by atoms with E-state index in [9.17, 15) is 0 Å². The van der Waals surface area contributed by atoms with Crippen LogP contribution < -0.4 is 0 Å². The highest BCUT2D eigenvalue weighted by Crippen LogP contribution is 2.51. The summed E-state index contributed by atoms with van der Waals surface area (Å²) < 4.78 is 0. The Morgan fingerprint density at radius 3 is 0.562 bits per heavy atom. The van der Waals surface area contributed by atoms with E-state index < -0.39 is 32.3 Å². The van der Waals surface area contributed by atoms with Crippen molar-refractivity contribution < 1.29 is 0 Å². The molecule has 96 heavy (non-hydrogen) atoms. The first-order valence-corrected chi connectivity index (χ1v) is 45.8. The molecule has 0 spiro atoms. The summed E-state index contributed by atoms with van der Waals surface area (Å²) in [5.41, 5.74) is 34.7. The van der Waals surface area contributed by atoms with E-state index in [1.54, 1.807) is 0 Å². The van der Waals surface area contributed by atoms with E-state index >= 15 is 0 Å². The average Bonchev–Trinajstić information content (AvgIpc) is 0.686. The van der Waals surface area contributed by atoms with Gasteiger partial charge >= 0.3 is 0 Å². The maximum atomic E-state index is 6.23. The molecule has 0 N–H and O–H groups in total. The third kappa shape index (κ3) is 11.5. The van der Waals surface area contributed by atoms with Gasteiger partial charge in [0.15, 0.2) is 0 Å². The van der Waals surface area contributed by atoms with Crippen LogP contribution in [0.15, 0.2) is 72.8 Å². The number of fused-ring (bicyclic) bond motifs is 10. The lowest BCUT2D eigenvalue weighted by molar-refractivity contribution is 0.591. The van der Waals surface area contributed by atoms with Gasteiger partial charge in [-0.3, -0.25) is 0 Å². The number of aromatic nitrogens is 4. The zero-order valence-corrected chi connectivity index (χ0v) is 68.6. The van der Waals surface area contributed by atoms with Crippen molar-refractivity contribution in [2.24, 2.45) is 0 Å². The topological polar surface area (TPSA) is 51.6 Å². The Hall–Kier alpha value is -6.37. The molecule has 8 aromatic carbocycles. The lowest BCUT2D eigenvalue weighted by Crippen LogP contribution is -2.43. The van der Waals surface area contributed by atoms with Gasteiger partial charge in [-0.25, -0.2) is 19.9 Å². The summed E-state index contributed by atoms with van der Waals surface area (Å²) in [6.45, 7) is 71.9. The Morgan fingerprint density at radius 1 is 0.250 bits per heavy atom. The van der Waals surface area contributed by atoms with Gasteiger partial charge in [0.2, 0.25) is 0 Å². The summed E-state index contributed by atoms with van der Waals surface area (Å²) in [6.07, 6.45) is 0. The van der Waals surface area contributed by atoms with E-state index in [1.165, 1.54) is 11.1 Å². The van der Waals surface area contributed by atoms with E-state index in [0.717, 1.165) is 120 Å². The molecule has 0 fully saturated rings. The maximum Gasteiger partial charge on any atom is 0.146 e. The van der Waals surface area contributed by atoms with Crippen LogP contribution in [0.4, 0.5) is 0 Å². The monoisotopic (exact) mass is 1340 g/mol. The number of rotatable bonds is 12. The standard InChI is InChI=1S/C88H114N4Si4/c1-51(2)93(52(3)4,53(5)6)43-39-69-65-35-31-32-36-66(65)70(40-44-94(54(7)8,55(9)10)56(11)12)80-79(69)89-83-73-47-63(87(25,26)27)49-75-77(73)78-74(84(83)90-80)48-64(88(28,29)30)50-76(78)86-85(75)91-81-71(41-45-95(57(13)14,58(15)16)59(17)18)67-37-33-34-38-68(67)72(82(81)92-86)42-46-96(60(19)20,61(21)22)62(23)24/h31-38,47-62H,1-30H3. The van der Waals surface area contributed by atoms with Gasteiger partial charge in [-0.05, 0) is 113 Å². The molecule has 2 aromatic heterocycles. The molecule has 10 rings (SSSR count). The lowest BCUT2D eigenvalue weighted by Gasteiger charge is -2.38. The molecule has 0 radical (unpaired) electrons. The van der Waals surface area contributed by atoms with Crippen molar-refractivity contribution in [3.05, 3.63) is 106 Å². The van der Waals surface area contributed by atoms with Gasteiger partial charge in [0.1, 0.15) is 54.4 Å². The van der Waals surface area contributed by atoms with Crippen molar-refractivity contribution in [2.75, 3.05) is 0 Å². The second-order valence-electron chi connectivity index (χ2n) is 34.8. The smallest absolute Gasteiger partial charge is 0.146 e. The molecule has 0 aliphatic carbocycles. The van der Waals surface area contributed by atoms with Gasteiger partial charge in [0.05, 0.1) is 44.3 Å². The fourth-order valence-corrected chi connectivity index (χ4v) is 39.9. The molecule has 4 nitrogen and oxygen atoms in total. The summed E-state index contributed by atoms with van der Waals surface area (Å²) in [6, 6.07) is 27.6. The third-order valence-electron chi connectivity index (χ3n) is 24.0. The molecule has 502 valence electrons. The minimum absolute atomic E-state index is 0.265. The SMILES string of the molecule is CC(C)[Si](C#Cc1c2ccccc2c(C#C[Si](C(C)C)(C(C)C)C(C)C)c2nc3c4cc(C(C)(C)C)cc5c6nc7c(C#C[Si](C(C)C)(C(C)C)C(C)C)c8ccccc8c(C#C[Si](C(C)C)(C(C)C)C(C)C)c7nc6c6cc(C(C)(C)C)cc(c3nc12)c6c45)(C(C)C)C(C)C. The summed E-state index contributed by atoms with van der Waals surface area (Å²) in [4.78, 5) is 24.9. The van der Waals surface area contributed by atoms with Gasteiger partial charge in [0.25, 0.3) is 0 Å². The maximum absolute atomic E-state index is 6.23. The second-order valence-corrected chi connectivity index (χ2v) is 57.1. The molecule has 0 aliphatic rings. The van der Waals surface area contributed by atoms with Crippen LogP contribution in [0, 0.1) is 45.9 Å². The highest BCUT2D eigenvalue weighted by atomic mass is 28.3. The summed E-state index contributed by atoms with van der Waals surface area (Å²) >= 11 is 0. The molecule has 0 bridgehead atoms.